The highest BCUT2D eigenvalue weighted by molar-refractivity contribution is 6.30. The van der Waals surface area contributed by atoms with Gasteiger partial charge in [0, 0.05) is 27.9 Å². The second-order valence-electron chi connectivity index (χ2n) is 6.78. The number of nitrogens with zero attached hydrogens (tertiary/aromatic N) is 3. The molecule has 3 rings (SSSR count). The minimum Gasteiger partial charge on any atom is -0.469 e. The molecule has 0 amide bonds. The Balaban J connectivity index is 2.19. The van der Waals surface area contributed by atoms with Crippen LogP contribution in [0.25, 0.3) is 16.9 Å². The molecule has 0 bridgehead atoms. The van der Waals surface area contributed by atoms with Gasteiger partial charge < -0.3 is 4.74 Å². The third-order valence-electron chi connectivity index (χ3n) is 4.28. The van der Waals surface area contributed by atoms with Crippen molar-refractivity contribution < 1.29 is 9.53 Å². The van der Waals surface area contributed by atoms with Crippen LogP contribution in [0.15, 0.2) is 30.3 Å². The molecule has 0 unspecified atom stereocenters. The maximum Gasteiger partial charge on any atom is 0.310 e. The lowest BCUT2D eigenvalue weighted by atomic mass is 10.0. The normalized spacial score (nSPS) is 11.3. The number of ether oxygens (including phenoxy) is 1. The summed E-state index contributed by atoms with van der Waals surface area (Å²) in [5.41, 5.74) is 5.23. The Kier molecular flexibility index (Phi) is 5.28. The second-order valence-corrected chi connectivity index (χ2v) is 7.22. The molecule has 0 spiro atoms. The molecule has 0 radical (unpaired) electrons. The highest BCUT2D eigenvalue weighted by atomic mass is 35.5. The van der Waals surface area contributed by atoms with Crippen molar-refractivity contribution >= 4 is 23.2 Å². The number of carbonyl (C=O) groups is 1. The number of aryl methyl sites for hydroxylation is 1. The Morgan fingerprint density at radius 2 is 2.08 bits per heavy atom. The Morgan fingerprint density at radius 3 is 2.73 bits per heavy atom. The number of benzene rings is 1. The summed E-state index contributed by atoms with van der Waals surface area (Å²) >= 11 is 6.12. The molecule has 3 aromatic rings. The van der Waals surface area contributed by atoms with Gasteiger partial charge in [-0.25, -0.2) is 9.50 Å². The lowest BCUT2D eigenvalue weighted by Crippen LogP contribution is -2.15. The SMILES string of the molecule is COC(=O)Cc1c(C)nc2cc(-c3cccc(Cl)c3)nn2c1CC(C)C. The van der Waals surface area contributed by atoms with Crippen LogP contribution in [0, 0.1) is 12.8 Å². The minimum absolute atomic E-state index is 0.194. The standard InChI is InChI=1S/C20H22ClN3O2/c1-12(2)8-18-16(10-20(25)26-4)13(3)22-19-11-17(23-24(18)19)14-6-5-7-15(21)9-14/h5-7,9,11-12H,8,10H2,1-4H3. The van der Waals surface area contributed by atoms with E-state index in [9.17, 15) is 4.79 Å². The summed E-state index contributed by atoms with van der Waals surface area (Å²) in [7, 11) is 1.40. The Hall–Kier alpha value is -2.40. The summed E-state index contributed by atoms with van der Waals surface area (Å²) < 4.78 is 6.71. The van der Waals surface area contributed by atoms with Crippen LogP contribution in [0.2, 0.25) is 5.02 Å². The predicted molar refractivity (Wildman–Crippen MR) is 102 cm³/mol. The van der Waals surface area contributed by atoms with Crippen molar-refractivity contribution in [3.63, 3.8) is 0 Å². The molecule has 1 aromatic carbocycles. The fourth-order valence-corrected chi connectivity index (χ4v) is 3.25. The van der Waals surface area contributed by atoms with E-state index >= 15 is 0 Å². The highest BCUT2D eigenvalue weighted by Gasteiger charge is 2.19. The zero-order valence-corrected chi connectivity index (χ0v) is 16.2. The maximum absolute atomic E-state index is 11.9. The monoisotopic (exact) mass is 371 g/mol. The Labute approximate surface area is 158 Å². The van der Waals surface area contributed by atoms with E-state index in [1.165, 1.54) is 7.11 Å². The van der Waals surface area contributed by atoms with Gasteiger partial charge in [0.15, 0.2) is 5.65 Å². The minimum atomic E-state index is -0.276. The molecular formula is C20H22ClN3O2. The molecular weight excluding hydrogens is 350 g/mol. The van der Waals surface area contributed by atoms with Gasteiger partial charge in [0.05, 0.1) is 24.9 Å². The molecule has 0 fully saturated rings. The molecule has 0 aliphatic heterocycles. The number of methoxy groups -OCH3 is 1. The molecule has 6 heteroatoms. The van der Waals surface area contributed by atoms with Gasteiger partial charge in [0.25, 0.3) is 0 Å². The van der Waals surface area contributed by atoms with Crippen LogP contribution in [-0.4, -0.2) is 27.7 Å². The molecule has 0 N–H and O–H groups in total. The molecule has 0 atom stereocenters. The maximum atomic E-state index is 11.9. The first-order valence-corrected chi connectivity index (χ1v) is 8.97. The Morgan fingerprint density at radius 1 is 1.31 bits per heavy atom. The summed E-state index contributed by atoms with van der Waals surface area (Å²) in [6.07, 6.45) is 0.989. The van der Waals surface area contributed by atoms with Gasteiger partial charge in [-0.1, -0.05) is 37.6 Å². The second kappa shape index (κ2) is 7.46. The Bertz CT molecular complexity index is 963. The van der Waals surface area contributed by atoms with E-state index in [1.807, 2.05) is 41.8 Å². The number of esters is 1. The first-order chi connectivity index (χ1) is 12.4. The van der Waals surface area contributed by atoms with Crippen molar-refractivity contribution in [1.29, 1.82) is 0 Å². The molecule has 0 aliphatic rings. The molecule has 2 aromatic heterocycles. The molecule has 5 nitrogen and oxygen atoms in total. The predicted octanol–water partition coefficient (Wildman–Crippen LogP) is 4.27. The van der Waals surface area contributed by atoms with Crippen LogP contribution < -0.4 is 0 Å². The van der Waals surface area contributed by atoms with Crippen LogP contribution in [0.1, 0.15) is 30.8 Å². The van der Waals surface area contributed by atoms with Crippen molar-refractivity contribution in [3.05, 3.63) is 52.3 Å². The van der Waals surface area contributed by atoms with Crippen molar-refractivity contribution in [2.24, 2.45) is 5.92 Å². The molecule has 0 saturated heterocycles. The van der Waals surface area contributed by atoms with Gasteiger partial charge >= 0.3 is 5.97 Å². The van der Waals surface area contributed by atoms with Gasteiger partial charge in [-0.3, -0.25) is 4.79 Å². The van der Waals surface area contributed by atoms with Gasteiger partial charge in [0.1, 0.15) is 0 Å². The average Bonchev–Trinajstić information content (AvgIpc) is 3.01. The van der Waals surface area contributed by atoms with Gasteiger partial charge in [-0.05, 0) is 31.4 Å². The van der Waals surface area contributed by atoms with E-state index in [2.05, 4.69) is 18.8 Å². The van der Waals surface area contributed by atoms with Crippen molar-refractivity contribution in [3.8, 4) is 11.3 Å². The summed E-state index contributed by atoms with van der Waals surface area (Å²) in [6.45, 7) is 6.21. The lowest BCUT2D eigenvalue weighted by molar-refractivity contribution is -0.139. The third-order valence-corrected chi connectivity index (χ3v) is 4.52. The largest absolute Gasteiger partial charge is 0.469 e. The number of rotatable bonds is 5. The number of hydrogen-bond donors (Lipinski definition) is 0. The summed E-state index contributed by atoms with van der Waals surface area (Å²) in [4.78, 5) is 16.5. The summed E-state index contributed by atoms with van der Waals surface area (Å²) in [5, 5.41) is 5.42. The summed E-state index contributed by atoms with van der Waals surface area (Å²) in [5.74, 6) is 0.136. The first kappa shape index (κ1) is 18.4. The molecule has 0 aliphatic carbocycles. The number of hydrogen-bond acceptors (Lipinski definition) is 4. The highest BCUT2D eigenvalue weighted by Crippen LogP contribution is 2.26. The zero-order valence-electron chi connectivity index (χ0n) is 15.4. The number of fused-ring (bicyclic) bond motifs is 1. The summed E-state index contributed by atoms with van der Waals surface area (Å²) in [6, 6.07) is 9.54. The van der Waals surface area contributed by atoms with Crippen molar-refractivity contribution in [2.45, 2.75) is 33.6 Å². The van der Waals surface area contributed by atoms with Crippen LogP contribution in [0.4, 0.5) is 0 Å². The smallest absolute Gasteiger partial charge is 0.310 e. The van der Waals surface area contributed by atoms with Crippen LogP contribution in [0.5, 0.6) is 0 Å². The third kappa shape index (κ3) is 3.73. The van der Waals surface area contributed by atoms with E-state index in [0.29, 0.717) is 10.9 Å². The van der Waals surface area contributed by atoms with E-state index in [-0.39, 0.29) is 12.4 Å². The van der Waals surface area contributed by atoms with E-state index in [0.717, 1.165) is 40.3 Å². The average molecular weight is 372 g/mol. The van der Waals surface area contributed by atoms with Crippen LogP contribution in [0.3, 0.4) is 0 Å². The van der Waals surface area contributed by atoms with Gasteiger partial charge in [-0.15, -0.1) is 0 Å². The molecule has 136 valence electrons. The fourth-order valence-electron chi connectivity index (χ4n) is 3.06. The van der Waals surface area contributed by atoms with Gasteiger partial charge in [0.2, 0.25) is 0 Å². The topological polar surface area (TPSA) is 56.5 Å². The zero-order chi connectivity index (χ0) is 18.8. The van der Waals surface area contributed by atoms with Crippen LogP contribution in [-0.2, 0) is 22.4 Å². The molecule has 0 saturated carbocycles. The molecule has 2 heterocycles. The van der Waals surface area contributed by atoms with Crippen LogP contribution >= 0.6 is 11.6 Å². The van der Waals surface area contributed by atoms with E-state index in [1.54, 1.807) is 0 Å². The number of carbonyl (C=O) groups excluding carboxylic acids is 1. The number of halogens is 1. The van der Waals surface area contributed by atoms with E-state index < -0.39 is 0 Å². The van der Waals surface area contributed by atoms with Crippen molar-refractivity contribution in [2.75, 3.05) is 7.11 Å². The van der Waals surface area contributed by atoms with Gasteiger partial charge in [-0.2, -0.15) is 5.10 Å². The van der Waals surface area contributed by atoms with E-state index in [4.69, 9.17) is 21.4 Å². The lowest BCUT2D eigenvalue weighted by Gasteiger charge is -2.15. The quantitative estimate of drug-likeness (QED) is 0.628. The molecule has 26 heavy (non-hydrogen) atoms. The fraction of sp³-hybridized carbons (Fsp3) is 0.350. The number of aromatic nitrogens is 3. The van der Waals surface area contributed by atoms with Crippen molar-refractivity contribution in [1.82, 2.24) is 14.6 Å². The first-order valence-electron chi connectivity index (χ1n) is 8.60.